The highest BCUT2D eigenvalue weighted by Crippen LogP contribution is 2.26. The van der Waals surface area contributed by atoms with E-state index in [1.807, 2.05) is 50.2 Å². The SMILES string of the molecule is C[C@@H](NC(=O)[C@H](C)[C@@H](C)c1ccc2ccccc2n1)c1ccc(OCC(F)(F)F)cn1. The third-order valence-corrected chi connectivity index (χ3v) is 5.21. The highest BCUT2D eigenvalue weighted by Gasteiger charge is 2.28. The number of nitrogens with zero attached hydrogens (tertiary/aromatic N) is 2. The van der Waals surface area contributed by atoms with Crippen LogP contribution in [-0.2, 0) is 4.79 Å². The molecule has 0 radical (unpaired) electrons. The van der Waals surface area contributed by atoms with Crippen LogP contribution in [0.4, 0.5) is 13.2 Å². The summed E-state index contributed by atoms with van der Waals surface area (Å²) in [6.07, 6.45) is -3.19. The molecule has 0 fully saturated rings. The van der Waals surface area contributed by atoms with Crippen molar-refractivity contribution in [2.24, 2.45) is 5.92 Å². The fraction of sp³-hybridized carbons (Fsp3) is 0.348. The lowest BCUT2D eigenvalue weighted by atomic mass is 9.91. The van der Waals surface area contributed by atoms with Crippen molar-refractivity contribution < 1.29 is 22.7 Å². The van der Waals surface area contributed by atoms with Gasteiger partial charge >= 0.3 is 6.18 Å². The lowest BCUT2D eigenvalue weighted by Crippen LogP contribution is -2.34. The van der Waals surface area contributed by atoms with Crippen LogP contribution in [0.2, 0.25) is 0 Å². The van der Waals surface area contributed by atoms with Gasteiger partial charge in [0.1, 0.15) is 5.75 Å². The molecule has 1 aromatic carbocycles. The molecule has 5 nitrogen and oxygen atoms in total. The number of alkyl halides is 3. The molecule has 2 heterocycles. The number of halogens is 3. The molecule has 8 heteroatoms. The van der Waals surface area contributed by atoms with E-state index < -0.39 is 18.8 Å². The van der Waals surface area contributed by atoms with Crippen LogP contribution in [0.15, 0.2) is 54.7 Å². The molecular formula is C23H24F3N3O2. The zero-order chi connectivity index (χ0) is 22.6. The van der Waals surface area contributed by atoms with Crippen molar-refractivity contribution >= 4 is 16.8 Å². The molecule has 3 rings (SSSR count). The molecule has 0 aliphatic carbocycles. The van der Waals surface area contributed by atoms with Gasteiger partial charge < -0.3 is 10.1 Å². The number of fused-ring (bicyclic) bond motifs is 1. The number of pyridine rings is 2. The van der Waals surface area contributed by atoms with Gasteiger partial charge in [-0.25, -0.2) is 0 Å². The van der Waals surface area contributed by atoms with Gasteiger partial charge in [-0.05, 0) is 31.2 Å². The Labute approximate surface area is 178 Å². The number of benzene rings is 1. The van der Waals surface area contributed by atoms with E-state index in [4.69, 9.17) is 0 Å². The maximum atomic E-state index is 12.8. The smallest absolute Gasteiger partial charge is 0.422 e. The van der Waals surface area contributed by atoms with E-state index in [0.29, 0.717) is 5.69 Å². The largest absolute Gasteiger partial charge is 0.483 e. The Balaban J connectivity index is 1.61. The van der Waals surface area contributed by atoms with Crippen molar-refractivity contribution in [2.75, 3.05) is 6.61 Å². The highest BCUT2D eigenvalue weighted by molar-refractivity contribution is 5.81. The molecule has 0 aliphatic rings. The van der Waals surface area contributed by atoms with E-state index in [0.717, 1.165) is 16.6 Å². The number of aromatic nitrogens is 2. The van der Waals surface area contributed by atoms with Gasteiger partial charge in [0.25, 0.3) is 0 Å². The summed E-state index contributed by atoms with van der Waals surface area (Å²) in [6, 6.07) is 14.3. The van der Waals surface area contributed by atoms with Crippen LogP contribution >= 0.6 is 0 Å². The Morgan fingerprint density at radius 3 is 2.42 bits per heavy atom. The molecule has 0 unspecified atom stereocenters. The molecule has 0 bridgehead atoms. The van der Waals surface area contributed by atoms with Crippen molar-refractivity contribution in [1.29, 1.82) is 0 Å². The number of nitrogens with one attached hydrogen (secondary N) is 1. The monoisotopic (exact) mass is 431 g/mol. The number of ether oxygens (including phenoxy) is 1. The zero-order valence-corrected chi connectivity index (χ0v) is 17.5. The third kappa shape index (κ3) is 5.93. The second-order valence-electron chi connectivity index (χ2n) is 7.56. The summed E-state index contributed by atoms with van der Waals surface area (Å²) in [6.45, 7) is 4.18. The Morgan fingerprint density at radius 2 is 1.74 bits per heavy atom. The maximum absolute atomic E-state index is 12.8. The number of para-hydroxylation sites is 1. The predicted octanol–water partition coefficient (Wildman–Crippen LogP) is 5.19. The van der Waals surface area contributed by atoms with E-state index in [2.05, 4.69) is 20.0 Å². The first-order valence-electron chi connectivity index (χ1n) is 9.95. The molecule has 3 atom stereocenters. The van der Waals surface area contributed by atoms with Crippen molar-refractivity contribution in [3.63, 3.8) is 0 Å². The average Bonchev–Trinajstić information content (AvgIpc) is 2.76. The van der Waals surface area contributed by atoms with Gasteiger partial charge in [-0.2, -0.15) is 13.2 Å². The van der Waals surface area contributed by atoms with E-state index in [1.54, 1.807) is 6.92 Å². The molecule has 0 saturated carbocycles. The van der Waals surface area contributed by atoms with Crippen molar-refractivity contribution in [1.82, 2.24) is 15.3 Å². The number of carbonyl (C=O) groups excluding carboxylic acids is 1. The first-order valence-corrected chi connectivity index (χ1v) is 9.95. The number of rotatable bonds is 7. The predicted molar refractivity (Wildman–Crippen MR) is 112 cm³/mol. The van der Waals surface area contributed by atoms with E-state index in [9.17, 15) is 18.0 Å². The number of carbonyl (C=O) groups is 1. The molecule has 31 heavy (non-hydrogen) atoms. The molecule has 0 aliphatic heterocycles. The fourth-order valence-corrected chi connectivity index (χ4v) is 3.14. The quantitative estimate of drug-likeness (QED) is 0.559. The molecule has 2 aromatic heterocycles. The topological polar surface area (TPSA) is 64.1 Å². The third-order valence-electron chi connectivity index (χ3n) is 5.21. The Bertz CT molecular complexity index is 1040. The lowest BCUT2D eigenvalue weighted by Gasteiger charge is -2.22. The van der Waals surface area contributed by atoms with Crippen LogP contribution in [-0.4, -0.2) is 28.7 Å². The summed E-state index contributed by atoms with van der Waals surface area (Å²) in [5.74, 6) is -0.591. The summed E-state index contributed by atoms with van der Waals surface area (Å²) in [4.78, 5) is 21.6. The van der Waals surface area contributed by atoms with Gasteiger partial charge in [0, 0.05) is 22.9 Å². The van der Waals surface area contributed by atoms with Crippen LogP contribution < -0.4 is 10.1 Å². The summed E-state index contributed by atoms with van der Waals surface area (Å²) in [5.41, 5.74) is 2.24. The molecule has 1 amide bonds. The maximum Gasteiger partial charge on any atom is 0.422 e. The van der Waals surface area contributed by atoms with Crippen LogP contribution in [0.1, 0.15) is 44.1 Å². The number of amides is 1. The standard InChI is InChI=1S/C23H24F3N3O2/c1-14(19-10-8-17-6-4-5-7-21(17)29-19)15(2)22(30)28-16(3)20-11-9-18(12-27-20)31-13-23(24,25)26/h4-12,14-16H,13H2,1-3H3,(H,28,30)/t14-,15-,16-/m1/s1. The normalized spacial score (nSPS) is 14.6. The summed E-state index contributed by atoms with van der Waals surface area (Å²) in [7, 11) is 0. The van der Waals surface area contributed by atoms with E-state index >= 15 is 0 Å². The van der Waals surface area contributed by atoms with Crippen molar-refractivity contribution in [3.8, 4) is 5.75 Å². The van der Waals surface area contributed by atoms with Crippen LogP contribution in [0, 0.1) is 5.92 Å². The summed E-state index contributed by atoms with van der Waals surface area (Å²) < 4.78 is 41.4. The Kier molecular flexibility index (Phi) is 6.77. The van der Waals surface area contributed by atoms with Gasteiger partial charge in [-0.3, -0.25) is 14.8 Å². The summed E-state index contributed by atoms with van der Waals surface area (Å²) in [5, 5.41) is 3.95. The van der Waals surface area contributed by atoms with Gasteiger partial charge in [-0.1, -0.05) is 38.1 Å². The lowest BCUT2D eigenvalue weighted by molar-refractivity contribution is -0.153. The Morgan fingerprint density at radius 1 is 1.03 bits per heavy atom. The molecule has 0 saturated heterocycles. The van der Waals surface area contributed by atoms with Crippen molar-refractivity contribution in [3.05, 3.63) is 66.1 Å². The molecule has 3 aromatic rings. The van der Waals surface area contributed by atoms with E-state index in [-0.39, 0.29) is 23.5 Å². The van der Waals surface area contributed by atoms with Gasteiger partial charge in [-0.15, -0.1) is 0 Å². The molecule has 0 spiro atoms. The second kappa shape index (κ2) is 9.32. The van der Waals surface area contributed by atoms with E-state index in [1.165, 1.54) is 18.3 Å². The molecule has 1 N–H and O–H groups in total. The van der Waals surface area contributed by atoms with Gasteiger partial charge in [0.05, 0.1) is 23.4 Å². The minimum Gasteiger partial charge on any atom is -0.483 e. The first kappa shape index (κ1) is 22.5. The Hall–Kier alpha value is -3.16. The first-order chi connectivity index (χ1) is 14.6. The van der Waals surface area contributed by atoms with Gasteiger partial charge in [0.15, 0.2) is 6.61 Å². The molecular weight excluding hydrogens is 407 g/mol. The van der Waals surface area contributed by atoms with Gasteiger partial charge in [0.2, 0.25) is 5.91 Å². The number of hydrogen-bond donors (Lipinski definition) is 1. The average molecular weight is 431 g/mol. The zero-order valence-electron chi connectivity index (χ0n) is 17.5. The summed E-state index contributed by atoms with van der Waals surface area (Å²) >= 11 is 0. The molecule has 164 valence electrons. The van der Waals surface area contributed by atoms with Crippen LogP contribution in [0.5, 0.6) is 5.75 Å². The minimum absolute atomic E-state index is 0.0176. The van der Waals surface area contributed by atoms with Crippen LogP contribution in [0.3, 0.4) is 0 Å². The van der Waals surface area contributed by atoms with Crippen molar-refractivity contribution in [2.45, 2.75) is 38.9 Å². The second-order valence-corrected chi connectivity index (χ2v) is 7.56. The fourth-order valence-electron chi connectivity index (χ4n) is 3.14. The minimum atomic E-state index is -4.41. The number of hydrogen-bond acceptors (Lipinski definition) is 4. The highest BCUT2D eigenvalue weighted by atomic mass is 19.4. The van der Waals surface area contributed by atoms with Crippen LogP contribution in [0.25, 0.3) is 10.9 Å².